The van der Waals surface area contributed by atoms with Crippen LogP contribution in [0.1, 0.15) is 28.0 Å². The van der Waals surface area contributed by atoms with E-state index in [2.05, 4.69) is 19.9 Å². The molecule has 1 amide bonds. The SMILES string of the molecule is Cc1nccc(C2CN(C(=O)c3cnc(N(C)C)nc3)CCO2)n1. The zero-order valence-corrected chi connectivity index (χ0v) is 14.0. The summed E-state index contributed by atoms with van der Waals surface area (Å²) in [6.45, 7) is 3.29. The fourth-order valence-electron chi connectivity index (χ4n) is 2.51. The highest BCUT2D eigenvalue weighted by molar-refractivity contribution is 5.93. The van der Waals surface area contributed by atoms with Crippen molar-refractivity contribution < 1.29 is 9.53 Å². The zero-order valence-electron chi connectivity index (χ0n) is 14.0. The van der Waals surface area contributed by atoms with Crippen molar-refractivity contribution in [2.75, 3.05) is 38.7 Å². The number of rotatable bonds is 3. The van der Waals surface area contributed by atoms with Gasteiger partial charge in [-0.05, 0) is 13.0 Å². The van der Waals surface area contributed by atoms with Gasteiger partial charge < -0.3 is 14.5 Å². The second-order valence-corrected chi connectivity index (χ2v) is 5.81. The van der Waals surface area contributed by atoms with Gasteiger partial charge in [-0.3, -0.25) is 4.79 Å². The summed E-state index contributed by atoms with van der Waals surface area (Å²) in [5.74, 6) is 1.16. The third kappa shape index (κ3) is 3.48. The number of aromatic nitrogens is 4. The van der Waals surface area contributed by atoms with Crippen LogP contribution in [-0.2, 0) is 4.74 Å². The van der Waals surface area contributed by atoms with Gasteiger partial charge in [0.15, 0.2) is 0 Å². The van der Waals surface area contributed by atoms with Crippen molar-refractivity contribution >= 4 is 11.9 Å². The molecule has 8 nitrogen and oxygen atoms in total. The van der Waals surface area contributed by atoms with Crippen LogP contribution < -0.4 is 4.90 Å². The molecular weight excluding hydrogens is 308 g/mol. The van der Waals surface area contributed by atoms with Crippen LogP contribution in [0.5, 0.6) is 0 Å². The van der Waals surface area contributed by atoms with Crippen LogP contribution in [0.4, 0.5) is 5.95 Å². The lowest BCUT2D eigenvalue weighted by atomic mass is 10.1. The van der Waals surface area contributed by atoms with E-state index in [1.165, 1.54) is 0 Å². The van der Waals surface area contributed by atoms with Crippen molar-refractivity contribution in [3.05, 3.63) is 41.7 Å². The molecule has 0 N–H and O–H groups in total. The summed E-state index contributed by atoms with van der Waals surface area (Å²) in [5, 5.41) is 0. The van der Waals surface area contributed by atoms with Crippen molar-refractivity contribution in [2.24, 2.45) is 0 Å². The first kappa shape index (κ1) is 16.3. The summed E-state index contributed by atoms with van der Waals surface area (Å²) >= 11 is 0. The van der Waals surface area contributed by atoms with Gasteiger partial charge in [-0.2, -0.15) is 0 Å². The minimum absolute atomic E-state index is 0.0978. The van der Waals surface area contributed by atoms with Crippen molar-refractivity contribution in [3.8, 4) is 0 Å². The molecule has 2 aromatic heterocycles. The maximum atomic E-state index is 12.7. The van der Waals surface area contributed by atoms with Crippen LogP contribution in [0.3, 0.4) is 0 Å². The zero-order chi connectivity index (χ0) is 17.1. The molecule has 0 saturated carbocycles. The highest BCUT2D eigenvalue weighted by Gasteiger charge is 2.27. The summed E-state index contributed by atoms with van der Waals surface area (Å²) in [6.07, 6.45) is 4.58. The van der Waals surface area contributed by atoms with Crippen molar-refractivity contribution in [3.63, 3.8) is 0 Å². The van der Waals surface area contributed by atoms with Crippen LogP contribution in [0.25, 0.3) is 0 Å². The third-order valence-electron chi connectivity index (χ3n) is 3.77. The third-order valence-corrected chi connectivity index (χ3v) is 3.77. The predicted octanol–water partition coefficient (Wildman–Crippen LogP) is 0.855. The summed E-state index contributed by atoms with van der Waals surface area (Å²) < 4.78 is 5.76. The molecule has 0 aliphatic carbocycles. The van der Waals surface area contributed by atoms with E-state index in [1.807, 2.05) is 27.1 Å². The second-order valence-electron chi connectivity index (χ2n) is 5.81. The minimum Gasteiger partial charge on any atom is -0.368 e. The minimum atomic E-state index is -0.244. The number of nitrogens with zero attached hydrogens (tertiary/aromatic N) is 6. The Labute approximate surface area is 140 Å². The number of amides is 1. The highest BCUT2D eigenvalue weighted by Crippen LogP contribution is 2.21. The topological polar surface area (TPSA) is 84.3 Å². The molecule has 3 rings (SSSR count). The number of ether oxygens (including phenoxy) is 1. The molecule has 1 fully saturated rings. The van der Waals surface area contributed by atoms with Gasteiger partial charge >= 0.3 is 0 Å². The Morgan fingerprint density at radius 3 is 2.71 bits per heavy atom. The molecule has 0 radical (unpaired) electrons. The van der Waals surface area contributed by atoms with E-state index < -0.39 is 0 Å². The van der Waals surface area contributed by atoms with Gasteiger partial charge in [0, 0.05) is 39.2 Å². The molecule has 0 spiro atoms. The summed E-state index contributed by atoms with van der Waals surface area (Å²) in [4.78, 5) is 33.1. The van der Waals surface area contributed by atoms with E-state index in [9.17, 15) is 4.79 Å². The first-order valence-electron chi connectivity index (χ1n) is 7.74. The molecule has 0 aromatic carbocycles. The smallest absolute Gasteiger partial charge is 0.257 e. The summed E-state index contributed by atoms with van der Waals surface area (Å²) in [7, 11) is 3.71. The quantitative estimate of drug-likeness (QED) is 0.826. The second kappa shape index (κ2) is 6.88. The average Bonchev–Trinajstić information content (AvgIpc) is 2.61. The number of carbonyl (C=O) groups excluding carboxylic acids is 1. The molecule has 8 heteroatoms. The number of carbonyl (C=O) groups is 1. The number of morpholine rings is 1. The van der Waals surface area contributed by atoms with Crippen LogP contribution in [0.2, 0.25) is 0 Å². The lowest BCUT2D eigenvalue weighted by Crippen LogP contribution is -2.42. The molecule has 1 saturated heterocycles. The molecule has 2 aromatic rings. The number of hydrogen-bond donors (Lipinski definition) is 0. The van der Waals surface area contributed by atoms with E-state index in [1.54, 1.807) is 28.4 Å². The van der Waals surface area contributed by atoms with Gasteiger partial charge in [-0.1, -0.05) is 0 Å². The molecule has 0 bridgehead atoms. The molecular formula is C16H20N6O2. The van der Waals surface area contributed by atoms with Gasteiger partial charge in [0.2, 0.25) is 5.95 Å². The molecule has 1 aliphatic heterocycles. The van der Waals surface area contributed by atoms with Crippen molar-refractivity contribution in [2.45, 2.75) is 13.0 Å². The largest absolute Gasteiger partial charge is 0.368 e. The number of hydrogen-bond acceptors (Lipinski definition) is 7. The fraction of sp³-hybridized carbons (Fsp3) is 0.438. The Kier molecular flexibility index (Phi) is 4.66. The Bertz CT molecular complexity index is 719. The Morgan fingerprint density at radius 2 is 2.04 bits per heavy atom. The first-order valence-corrected chi connectivity index (χ1v) is 7.74. The number of anilines is 1. The monoisotopic (exact) mass is 328 g/mol. The van der Waals surface area contributed by atoms with Crippen molar-refractivity contribution in [1.82, 2.24) is 24.8 Å². The predicted molar refractivity (Wildman–Crippen MR) is 87.7 cm³/mol. The highest BCUT2D eigenvalue weighted by atomic mass is 16.5. The molecule has 3 heterocycles. The van der Waals surface area contributed by atoms with E-state index in [0.29, 0.717) is 37.0 Å². The summed E-state index contributed by atoms with van der Waals surface area (Å²) in [6, 6.07) is 1.82. The van der Waals surface area contributed by atoms with Gasteiger partial charge in [-0.15, -0.1) is 0 Å². The van der Waals surface area contributed by atoms with Crippen LogP contribution >= 0.6 is 0 Å². The van der Waals surface area contributed by atoms with Crippen LogP contribution in [0.15, 0.2) is 24.7 Å². The summed E-state index contributed by atoms with van der Waals surface area (Å²) in [5.41, 5.74) is 1.26. The first-order chi connectivity index (χ1) is 11.5. The van der Waals surface area contributed by atoms with Gasteiger partial charge in [-0.25, -0.2) is 19.9 Å². The Balaban J connectivity index is 1.73. The average molecular weight is 328 g/mol. The fourth-order valence-corrected chi connectivity index (χ4v) is 2.51. The lowest BCUT2D eigenvalue weighted by Gasteiger charge is -2.32. The van der Waals surface area contributed by atoms with E-state index >= 15 is 0 Å². The Morgan fingerprint density at radius 1 is 1.29 bits per heavy atom. The van der Waals surface area contributed by atoms with Gasteiger partial charge in [0.1, 0.15) is 11.9 Å². The Hall–Kier alpha value is -2.61. The standard InChI is InChI=1S/C16H20N6O2/c1-11-17-5-4-13(20-11)14-10-22(6-7-24-14)15(23)12-8-18-16(19-9-12)21(2)3/h4-5,8-9,14H,6-7,10H2,1-3H3. The van der Waals surface area contributed by atoms with Gasteiger partial charge in [0.05, 0.1) is 24.4 Å². The number of aryl methyl sites for hydroxylation is 1. The van der Waals surface area contributed by atoms with Crippen LogP contribution in [0, 0.1) is 6.92 Å². The molecule has 1 aliphatic rings. The molecule has 24 heavy (non-hydrogen) atoms. The van der Waals surface area contributed by atoms with E-state index in [-0.39, 0.29) is 12.0 Å². The maximum Gasteiger partial charge on any atom is 0.257 e. The normalized spacial score (nSPS) is 17.6. The van der Waals surface area contributed by atoms with E-state index in [0.717, 1.165) is 5.69 Å². The van der Waals surface area contributed by atoms with Gasteiger partial charge in [0.25, 0.3) is 5.91 Å². The van der Waals surface area contributed by atoms with Crippen molar-refractivity contribution in [1.29, 1.82) is 0 Å². The molecule has 126 valence electrons. The molecule has 1 atom stereocenters. The lowest BCUT2D eigenvalue weighted by molar-refractivity contribution is -0.0248. The molecule has 1 unspecified atom stereocenters. The maximum absolute atomic E-state index is 12.7. The van der Waals surface area contributed by atoms with E-state index in [4.69, 9.17) is 4.74 Å². The van der Waals surface area contributed by atoms with Crippen LogP contribution in [-0.4, -0.2) is 64.5 Å².